The number of allylic oxidation sites excluding steroid dienone is 2. The van der Waals surface area contributed by atoms with Crippen molar-refractivity contribution in [2.24, 2.45) is 40.9 Å². The molecule has 0 aliphatic heterocycles. The SMILES string of the molecule is CC1(CCC(=O)OC2CCCCC2)CC2CC1C1C3C=CC(C3)C21. The van der Waals surface area contributed by atoms with E-state index in [1.165, 1.54) is 38.5 Å². The molecule has 0 saturated heterocycles. The van der Waals surface area contributed by atoms with Crippen LogP contribution < -0.4 is 0 Å². The monoisotopic (exact) mass is 328 g/mol. The van der Waals surface area contributed by atoms with Crippen molar-refractivity contribution in [3.63, 3.8) is 0 Å². The lowest BCUT2D eigenvalue weighted by molar-refractivity contribution is -0.151. The molecule has 0 spiro atoms. The first-order chi connectivity index (χ1) is 11.6. The van der Waals surface area contributed by atoms with Crippen molar-refractivity contribution in [2.45, 2.75) is 77.2 Å². The molecule has 132 valence electrons. The first-order valence-corrected chi connectivity index (χ1v) is 10.5. The maximum Gasteiger partial charge on any atom is 0.306 e. The van der Waals surface area contributed by atoms with Crippen molar-refractivity contribution in [1.29, 1.82) is 0 Å². The van der Waals surface area contributed by atoms with Gasteiger partial charge in [-0.1, -0.05) is 25.5 Å². The molecular weight excluding hydrogens is 296 g/mol. The van der Waals surface area contributed by atoms with Crippen molar-refractivity contribution < 1.29 is 9.53 Å². The normalized spacial score (nSPS) is 48.9. The number of ether oxygens (including phenoxy) is 1. The third-order valence-corrected chi connectivity index (χ3v) is 8.52. The summed E-state index contributed by atoms with van der Waals surface area (Å²) in [7, 11) is 0. The van der Waals surface area contributed by atoms with Crippen molar-refractivity contribution in [1.82, 2.24) is 0 Å². The van der Waals surface area contributed by atoms with Crippen LogP contribution in [-0.2, 0) is 9.53 Å². The van der Waals surface area contributed by atoms with Crippen LogP contribution in [-0.4, -0.2) is 12.1 Å². The quantitative estimate of drug-likeness (QED) is 0.406. The Morgan fingerprint density at radius 2 is 1.83 bits per heavy atom. The summed E-state index contributed by atoms with van der Waals surface area (Å²) in [6, 6.07) is 0. The van der Waals surface area contributed by atoms with E-state index in [2.05, 4.69) is 19.1 Å². The number of esters is 1. The van der Waals surface area contributed by atoms with Crippen LogP contribution in [0.25, 0.3) is 0 Å². The van der Waals surface area contributed by atoms with Crippen LogP contribution in [0.3, 0.4) is 0 Å². The molecule has 4 saturated carbocycles. The number of fused-ring (bicyclic) bond motifs is 9. The van der Waals surface area contributed by atoms with Crippen LogP contribution in [0.1, 0.15) is 71.1 Å². The van der Waals surface area contributed by atoms with Crippen molar-refractivity contribution in [2.75, 3.05) is 0 Å². The van der Waals surface area contributed by atoms with Gasteiger partial charge in [-0.25, -0.2) is 0 Å². The Morgan fingerprint density at radius 1 is 1.08 bits per heavy atom. The lowest BCUT2D eigenvalue weighted by atomic mass is 9.61. The number of rotatable bonds is 4. The Hall–Kier alpha value is -0.790. The molecule has 0 aromatic heterocycles. The zero-order valence-corrected chi connectivity index (χ0v) is 15.1. The Labute approximate surface area is 146 Å². The third-order valence-electron chi connectivity index (χ3n) is 8.52. The highest BCUT2D eigenvalue weighted by atomic mass is 16.5. The minimum atomic E-state index is 0.0790. The van der Waals surface area contributed by atoms with Gasteiger partial charge >= 0.3 is 5.97 Å². The molecule has 7 atom stereocenters. The maximum atomic E-state index is 12.3. The van der Waals surface area contributed by atoms with Gasteiger partial charge in [0.1, 0.15) is 6.10 Å². The zero-order valence-electron chi connectivity index (χ0n) is 15.1. The molecule has 0 amide bonds. The van der Waals surface area contributed by atoms with Crippen molar-refractivity contribution in [3.05, 3.63) is 12.2 Å². The van der Waals surface area contributed by atoms with E-state index in [0.29, 0.717) is 11.8 Å². The summed E-state index contributed by atoms with van der Waals surface area (Å²) in [5.41, 5.74) is 0.399. The molecule has 0 radical (unpaired) electrons. The highest BCUT2D eigenvalue weighted by Gasteiger charge is 2.64. The lowest BCUT2D eigenvalue weighted by Crippen LogP contribution is -2.37. The van der Waals surface area contributed by atoms with Crippen LogP contribution in [0.4, 0.5) is 0 Å². The molecule has 5 aliphatic carbocycles. The summed E-state index contributed by atoms with van der Waals surface area (Å²) in [4.78, 5) is 12.3. The highest BCUT2D eigenvalue weighted by molar-refractivity contribution is 5.69. The summed E-state index contributed by atoms with van der Waals surface area (Å²) < 4.78 is 5.76. The summed E-state index contributed by atoms with van der Waals surface area (Å²) in [5.74, 6) is 5.59. The molecule has 5 aliphatic rings. The second-order valence-corrected chi connectivity index (χ2v) is 9.81. The average Bonchev–Trinajstić information content (AvgIpc) is 3.32. The smallest absolute Gasteiger partial charge is 0.306 e. The minimum Gasteiger partial charge on any atom is -0.462 e. The fourth-order valence-electron chi connectivity index (χ4n) is 7.59. The molecule has 0 heterocycles. The molecule has 2 nitrogen and oxygen atoms in total. The second kappa shape index (κ2) is 5.61. The van der Waals surface area contributed by atoms with Crippen LogP contribution in [0.5, 0.6) is 0 Å². The van der Waals surface area contributed by atoms with Crippen LogP contribution >= 0.6 is 0 Å². The molecule has 4 bridgehead atoms. The van der Waals surface area contributed by atoms with Crippen LogP contribution in [0.15, 0.2) is 12.2 Å². The van der Waals surface area contributed by atoms with E-state index < -0.39 is 0 Å². The lowest BCUT2D eigenvalue weighted by Gasteiger charge is -2.43. The predicted octanol–water partition coefficient (Wildman–Crippen LogP) is 5.13. The fraction of sp³-hybridized carbons (Fsp3) is 0.864. The Balaban J connectivity index is 1.19. The minimum absolute atomic E-state index is 0.0790. The van der Waals surface area contributed by atoms with Gasteiger partial charge in [0.05, 0.1) is 0 Å². The molecular formula is C22H32O2. The molecule has 24 heavy (non-hydrogen) atoms. The van der Waals surface area contributed by atoms with Gasteiger partial charge in [-0.15, -0.1) is 0 Å². The Morgan fingerprint density at radius 3 is 2.62 bits per heavy atom. The van der Waals surface area contributed by atoms with E-state index in [1.54, 1.807) is 0 Å². The van der Waals surface area contributed by atoms with Crippen molar-refractivity contribution in [3.8, 4) is 0 Å². The Kier molecular flexibility index (Phi) is 3.61. The summed E-state index contributed by atoms with van der Waals surface area (Å²) >= 11 is 0. The number of carbonyl (C=O) groups excluding carboxylic acids is 1. The van der Waals surface area contributed by atoms with E-state index in [-0.39, 0.29) is 12.1 Å². The number of hydrogen-bond acceptors (Lipinski definition) is 2. The molecule has 5 rings (SSSR count). The van der Waals surface area contributed by atoms with E-state index in [0.717, 1.165) is 54.8 Å². The molecule has 0 aromatic carbocycles. The molecule has 4 fully saturated rings. The molecule has 7 unspecified atom stereocenters. The van der Waals surface area contributed by atoms with E-state index in [1.807, 2.05) is 0 Å². The van der Waals surface area contributed by atoms with E-state index >= 15 is 0 Å². The predicted molar refractivity (Wildman–Crippen MR) is 94.2 cm³/mol. The third kappa shape index (κ3) is 2.31. The first kappa shape index (κ1) is 15.5. The van der Waals surface area contributed by atoms with Gasteiger partial charge in [0.2, 0.25) is 0 Å². The van der Waals surface area contributed by atoms with Gasteiger partial charge in [-0.2, -0.15) is 0 Å². The first-order valence-electron chi connectivity index (χ1n) is 10.5. The van der Waals surface area contributed by atoms with Gasteiger partial charge in [0.25, 0.3) is 0 Å². The molecule has 0 aromatic rings. The van der Waals surface area contributed by atoms with E-state index in [9.17, 15) is 4.79 Å². The van der Waals surface area contributed by atoms with Crippen LogP contribution in [0, 0.1) is 40.9 Å². The average molecular weight is 328 g/mol. The van der Waals surface area contributed by atoms with Gasteiger partial charge in [0.15, 0.2) is 0 Å². The van der Waals surface area contributed by atoms with Crippen LogP contribution in [0.2, 0.25) is 0 Å². The van der Waals surface area contributed by atoms with Crippen molar-refractivity contribution >= 4 is 5.97 Å². The molecule has 0 N–H and O–H groups in total. The summed E-state index contributed by atoms with van der Waals surface area (Å²) in [6.07, 6.45) is 17.2. The fourth-order valence-corrected chi connectivity index (χ4v) is 7.59. The van der Waals surface area contributed by atoms with E-state index in [4.69, 9.17) is 4.74 Å². The second-order valence-electron chi connectivity index (χ2n) is 9.81. The maximum absolute atomic E-state index is 12.3. The van der Waals surface area contributed by atoms with Gasteiger partial charge < -0.3 is 4.74 Å². The van der Waals surface area contributed by atoms with Gasteiger partial charge in [-0.3, -0.25) is 4.79 Å². The summed E-state index contributed by atoms with van der Waals surface area (Å²) in [5, 5.41) is 0. The number of hydrogen-bond donors (Lipinski definition) is 0. The van der Waals surface area contributed by atoms with Gasteiger partial charge in [0, 0.05) is 6.42 Å². The van der Waals surface area contributed by atoms with Gasteiger partial charge in [-0.05, 0) is 92.3 Å². The topological polar surface area (TPSA) is 26.3 Å². The molecule has 2 heteroatoms. The Bertz CT molecular complexity index is 546. The summed E-state index contributed by atoms with van der Waals surface area (Å²) in [6.45, 7) is 2.48. The highest BCUT2D eigenvalue weighted by Crippen LogP contribution is 2.71. The number of carbonyl (C=O) groups is 1. The largest absolute Gasteiger partial charge is 0.462 e. The zero-order chi connectivity index (χ0) is 16.3. The standard InChI is InChI=1S/C22H32O2/c1-22(10-9-19(23)24-17-5-3-2-4-6-17)13-16-12-18(22)21-15-8-7-14(11-15)20(16)21/h7-8,14-18,20-21H,2-6,9-13H2,1H3.